The van der Waals surface area contributed by atoms with E-state index in [1.54, 1.807) is 12.1 Å². The van der Waals surface area contributed by atoms with Crippen LogP contribution in [0, 0.1) is 0 Å². The van der Waals surface area contributed by atoms with Gasteiger partial charge in [-0.3, -0.25) is 0 Å². The van der Waals surface area contributed by atoms with E-state index < -0.39 is 48.3 Å². The van der Waals surface area contributed by atoms with Gasteiger partial charge in [0, 0.05) is 16.2 Å². The summed E-state index contributed by atoms with van der Waals surface area (Å²) >= 11 is 0. The van der Waals surface area contributed by atoms with Crippen LogP contribution >= 0.6 is 0 Å². The normalized spacial score (nSPS) is 15.4. The summed E-state index contributed by atoms with van der Waals surface area (Å²) < 4.78 is 110. The summed E-state index contributed by atoms with van der Waals surface area (Å²) in [6.07, 6.45) is 0. The Bertz CT molecular complexity index is 3440. The molecule has 1 heterocycles. The standard InChI is InChI=1S/C46H28O/c1-2-12-29(13-3-1)31-24-26-34-32(28-31)25-27-41-45-40(22-11-23-42(45)47-46(34)41)44-38-19-8-6-17-36(38)43(37-18-7-9-20-39(37)44)35-21-10-15-30-14-4-5-16-33(30)35/h1-28H/i1D,2D,3D,4D,5D,10D,12D,13D,14D,15D,16D,21D. The summed E-state index contributed by atoms with van der Waals surface area (Å²) in [5.41, 5.74) is 4.25. The van der Waals surface area contributed by atoms with Gasteiger partial charge in [-0.2, -0.15) is 0 Å². The summed E-state index contributed by atoms with van der Waals surface area (Å²) in [6.45, 7) is 0. The molecule has 0 amide bonds. The van der Waals surface area contributed by atoms with Gasteiger partial charge >= 0.3 is 0 Å². The van der Waals surface area contributed by atoms with Crippen LogP contribution < -0.4 is 0 Å². The predicted octanol–water partition coefficient (Wildman–Crippen LogP) is 13.2. The minimum atomic E-state index is -0.508. The van der Waals surface area contributed by atoms with Gasteiger partial charge < -0.3 is 4.42 Å². The molecule has 0 aliphatic carbocycles. The van der Waals surface area contributed by atoms with E-state index in [1.165, 1.54) is 0 Å². The highest BCUT2D eigenvalue weighted by atomic mass is 16.3. The van der Waals surface area contributed by atoms with Gasteiger partial charge in [0.15, 0.2) is 0 Å². The molecule has 0 saturated carbocycles. The second-order valence-electron chi connectivity index (χ2n) is 11.5. The lowest BCUT2D eigenvalue weighted by Crippen LogP contribution is -1.92. The van der Waals surface area contributed by atoms with Crippen molar-refractivity contribution >= 4 is 65.0 Å². The summed E-state index contributed by atoms with van der Waals surface area (Å²) in [5, 5.41) is 6.09. The topological polar surface area (TPSA) is 13.1 Å². The SMILES string of the molecule is [2H]c1c([2H])c([2H])c(-c2ccc3c(ccc4c3oc3cccc(-c5c6ccccc6c(-c6c([2H])c([2H])c([2H])c7c([2H])c([2H])c([2H])c([2H])c67)c6ccccc56)c34)c2)c([2H])c1[2H]. The quantitative estimate of drug-likeness (QED) is 0.182. The maximum absolute atomic E-state index is 9.25. The minimum Gasteiger partial charge on any atom is -0.455 e. The Balaban J connectivity index is 1.28. The maximum atomic E-state index is 9.25. The van der Waals surface area contributed by atoms with Gasteiger partial charge in [0.05, 0.1) is 16.4 Å². The molecule has 9 aromatic carbocycles. The van der Waals surface area contributed by atoms with E-state index in [1.807, 2.05) is 84.9 Å². The molecule has 1 heteroatoms. The van der Waals surface area contributed by atoms with E-state index in [2.05, 4.69) is 0 Å². The predicted molar refractivity (Wildman–Crippen MR) is 200 cm³/mol. The van der Waals surface area contributed by atoms with Crippen molar-refractivity contribution in [3.63, 3.8) is 0 Å². The van der Waals surface area contributed by atoms with E-state index in [0.717, 1.165) is 43.4 Å². The Kier molecular flexibility index (Phi) is 3.66. The van der Waals surface area contributed by atoms with Crippen molar-refractivity contribution in [2.24, 2.45) is 0 Å². The molecule has 0 fully saturated rings. The molecule has 1 nitrogen and oxygen atoms in total. The Hall–Kier alpha value is -6.18. The number of benzene rings is 9. The highest BCUT2D eigenvalue weighted by Gasteiger charge is 2.21. The van der Waals surface area contributed by atoms with Crippen LogP contribution in [0.3, 0.4) is 0 Å². The van der Waals surface area contributed by atoms with Crippen LogP contribution in [0.4, 0.5) is 0 Å². The highest BCUT2D eigenvalue weighted by Crippen LogP contribution is 2.48. The van der Waals surface area contributed by atoms with Gasteiger partial charge in [0.25, 0.3) is 0 Å². The smallest absolute Gasteiger partial charge is 0.143 e. The van der Waals surface area contributed by atoms with Crippen LogP contribution in [0.15, 0.2) is 174 Å². The van der Waals surface area contributed by atoms with Crippen molar-refractivity contribution in [3.05, 3.63) is 170 Å². The zero-order valence-corrected chi connectivity index (χ0v) is 24.6. The lowest BCUT2D eigenvalue weighted by atomic mass is 9.84. The number of furan rings is 1. The van der Waals surface area contributed by atoms with Crippen LogP contribution in [0.25, 0.3) is 98.4 Å². The van der Waals surface area contributed by atoms with Crippen molar-refractivity contribution in [2.45, 2.75) is 0 Å². The van der Waals surface area contributed by atoms with Gasteiger partial charge in [-0.25, -0.2) is 0 Å². The minimum absolute atomic E-state index is 0.0228. The molecule has 0 radical (unpaired) electrons. The molecule has 0 bridgehead atoms. The maximum Gasteiger partial charge on any atom is 0.143 e. The first-order valence-electron chi connectivity index (χ1n) is 21.2. The third-order valence-electron chi connectivity index (χ3n) is 9.03. The summed E-state index contributed by atoms with van der Waals surface area (Å²) in [4.78, 5) is 0. The molecule has 0 N–H and O–H groups in total. The first kappa shape index (κ1) is 16.9. The Morgan fingerprint density at radius 2 is 1.06 bits per heavy atom. The number of hydrogen-bond acceptors (Lipinski definition) is 1. The molecule has 218 valence electrons. The molecule has 10 aromatic rings. The molecule has 0 atom stereocenters. The highest BCUT2D eigenvalue weighted by molar-refractivity contribution is 6.28. The van der Waals surface area contributed by atoms with Crippen LogP contribution in [0.5, 0.6) is 0 Å². The number of hydrogen-bond donors (Lipinski definition) is 0. The summed E-state index contributed by atoms with van der Waals surface area (Å²) in [6, 6.07) is 25.7. The Morgan fingerprint density at radius 1 is 0.404 bits per heavy atom. The van der Waals surface area contributed by atoms with E-state index in [4.69, 9.17) is 19.5 Å². The van der Waals surface area contributed by atoms with E-state index in [0.29, 0.717) is 33.1 Å². The zero-order chi connectivity index (χ0) is 41.3. The average molecular weight is 609 g/mol. The zero-order valence-electron chi connectivity index (χ0n) is 36.6. The summed E-state index contributed by atoms with van der Waals surface area (Å²) in [5.74, 6) is 0. The van der Waals surface area contributed by atoms with Gasteiger partial charge in [0.2, 0.25) is 0 Å². The van der Waals surface area contributed by atoms with Crippen LogP contribution in [-0.4, -0.2) is 0 Å². The lowest BCUT2D eigenvalue weighted by Gasteiger charge is -2.19. The number of fused-ring (bicyclic) bond motifs is 8. The van der Waals surface area contributed by atoms with Gasteiger partial charge in [-0.1, -0.05) is 145 Å². The molecule has 0 spiro atoms. The molecular formula is C46H28O. The van der Waals surface area contributed by atoms with Crippen molar-refractivity contribution in [1.29, 1.82) is 0 Å². The second-order valence-corrected chi connectivity index (χ2v) is 11.5. The van der Waals surface area contributed by atoms with Crippen molar-refractivity contribution in [1.82, 2.24) is 0 Å². The summed E-state index contributed by atoms with van der Waals surface area (Å²) in [7, 11) is 0. The van der Waals surface area contributed by atoms with Crippen LogP contribution in [-0.2, 0) is 0 Å². The van der Waals surface area contributed by atoms with Gasteiger partial charge in [0.1, 0.15) is 11.2 Å². The number of rotatable bonds is 3. The molecule has 47 heavy (non-hydrogen) atoms. The van der Waals surface area contributed by atoms with Gasteiger partial charge in [-0.15, -0.1) is 0 Å². The first-order valence-corrected chi connectivity index (χ1v) is 15.2. The van der Waals surface area contributed by atoms with E-state index in [-0.39, 0.29) is 46.1 Å². The Labute approximate surface area is 288 Å². The fourth-order valence-electron chi connectivity index (χ4n) is 7.06. The van der Waals surface area contributed by atoms with Crippen LogP contribution in [0.2, 0.25) is 0 Å². The average Bonchev–Trinajstić information content (AvgIpc) is 3.64. The molecule has 10 rings (SSSR count). The fourth-order valence-corrected chi connectivity index (χ4v) is 7.06. The Morgan fingerprint density at radius 3 is 1.83 bits per heavy atom. The second kappa shape index (κ2) is 10.2. The van der Waals surface area contributed by atoms with Gasteiger partial charge in [-0.05, 0) is 95.3 Å². The molecule has 0 unspecified atom stereocenters. The van der Waals surface area contributed by atoms with E-state index in [9.17, 15) is 1.37 Å². The third kappa shape index (κ3) is 3.90. The molecule has 0 aliphatic heterocycles. The molecular weight excluding hydrogens is 569 g/mol. The first-order chi connectivity index (χ1) is 28.3. The fraction of sp³-hybridized carbons (Fsp3) is 0. The largest absolute Gasteiger partial charge is 0.455 e. The van der Waals surface area contributed by atoms with Crippen molar-refractivity contribution in [3.8, 4) is 33.4 Å². The molecule has 0 aliphatic rings. The monoisotopic (exact) mass is 608 g/mol. The lowest BCUT2D eigenvalue weighted by molar-refractivity contribution is 0.673. The third-order valence-corrected chi connectivity index (χ3v) is 9.03. The van der Waals surface area contributed by atoms with E-state index >= 15 is 0 Å². The van der Waals surface area contributed by atoms with Crippen molar-refractivity contribution < 1.29 is 20.9 Å². The van der Waals surface area contributed by atoms with Crippen molar-refractivity contribution in [2.75, 3.05) is 0 Å². The molecule has 1 aromatic heterocycles. The van der Waals surface area contributed by atoms with Crippen LogP contribution in [0.1, 0.15) is 16.4 Å². The molecule has 0 saturated heterocycles.